The number of pyridine rings is 1. The fourth-order valence-corrected chi connectivity index (χ4v) is 2.77. The minimum atomic E-state index is 0.190. The van der Waals surface area contributed by atoms with Crippen LogP contribution in [-0.4, -0.2) is 35.4 Å². The molecular formula is C21H36N4O. The van der Waals surface area contributed by atoms with Gasteiger partial charge in [-0.1, -0.05) is 54.0 Å². The average molecular weight is 361 g/mol. The molecule has 3 rings (SSSR count). The van der Waals surface area contributed by atoms with Crippen molar-refractivity contribution in [2.24, 2.45) is 29.4 Å². The van der Waals surface area contributed by atoms with Gasteiger partial charge in [-0.15, -0.1) is 0 Å². The highest BCUT2D eigenvalue weighted by Crippen LogP contribution is 2.51. The number of piperidine rings is 1. The molecule has 1 aromatic rings. The highest BCUT2D eigenvalue weighted by atomic mass is 16.2. The third-order valence-electron chi connectivity index (χ3n) is 4.06. The molecule has 2 fully saturated rings. The van der Waals surface area contributed by atoms with Crippen molar-refractivity contribution in [3.63, 3.8) is 0 Å². The first-order valence-electron chi connectivity index (χ1n) is 9.49. The summed E-state index contributed by atoms with van der Waals surface area (Å²) in [7, 11) is 0. The van der Waals surface area contributed by atoms with Crippen LogP contribution in [-0.2, 0) is 4.79 Å². The number of aromatic nitrogens is 1. The number of anilines is 1. The molecule has 2 unspecified atom stereocenters. The molecule has 2 atom stereocenters. The Balaban J connectivity index is 0.000000594. The fourth-order valence-electron chi connectivity index (χ4n) is 2.77. The molecule has 1 aromatic heterocycles. The second-order valence-corrected chi connectivity index (χ2v) is 6.95. The fraction of sp³-hybridized carbons (Fsp3) is 0.619. The Kier molecular flexibility index (Phi) is 11.9. The summed E-state index contributed by atoms with van der Waals surface area (Å²) in [4.78, 5) is 18.0. The monoisotopic (exact) mass is 360 g/mol. The third-order valence-corrected chi connectivity index (χ3v) is 4.06. The predicted octanol–water partition coefficient (Wildman–Crippen LogP) is 3.44. The Bertz CT molecular complexity index is 524. The van der Waals surface area contributed by atoms with E-state index < -0.39 is 0 Å². The normalized spacial score (nSPS) is 21.5. The summed E-state index contributed by atoms with van der Waals surface area (Å²) in [5.74, 6) is 4.17. The number of likely N-dealkylation sites (tertiary alicyclic amines) is 1. The van der Waals surface area contributed by atoms with E-state index in [1.807, 2.05) is 36.9 Å². The van der Waals surface area contributed by atoms with E-state index in [4.69, 9.17) is 0 Å². The molecule has 146 valence electrons. The lowest BCUT2D eigenvalue weighted by Gasteiger charge is -2.19. The van der Waals surface area contributed by atoms with Crippen molar-refractivity contribution >= 4 is 11.7 Å². The zero-order valence-electron chi connectivity index (χ0n) is 17.2. The number of carbonyl (C=O) groups excluding carboxylic acids is 1. The smallest absolute Gasteiger partial charge is 0.241 e. The van der Waals surface area contributed by atoms with Crippen LogP contribution in [0.4, 0.5) is 5.82 Å². The Hall–Kier alpha value is -2.22. The number of hydrogen-bond donors (Lipinski definition) is 2. The van der Waals surface area contributed by atoms with E-state index in [-0.39, 0.29) is 5.91 Å². The number of terminal acetylenes is 1. The second-order valence-electron chi connectivity index (χ2n) is 6.95. The molecule has 0 aromatic carbocycles. The summed E-state index contributed by atoms with van der Waals surface area (Å²) in [6.45, 7) is 15.0. The van der Waals surface area contributed by atoms with Gasteiger partial charge in [-0.2, -0.15) is 0 Å². The van der Waals surface area contributed by atoms with Crippen LogP contribution < -0.4 is 11.1 Å². The van der Waals surface area contributed by atoms with Crippen LogP contribution >= 0.6 is 0 Å². The molecule has 1 aliphatic heterocycles. The lowest BCUT2D eigenvalue weighted by atomic mass is 10.3. The van der Waals surface area contributed by atoms with Crippen molar-refractivity contribution < 1.29 is 4.79 Å². The van der Waals surface area contributed by atoms with E-state index in [1.165, 1.54) is 0 Å². The van der Waals surface area contributed by atoms with Gasteiger partial charge in [0.05, 0.1) is 6.54 Å². The summed E-state index contributed by atoms with van der Waals surface area (Å²) >= 11 is 0. The molecule has 1 amide bonds. The summed E-state index contributed by atoms with van der Waals surface area (Å²) in [6, 6.07) is 7.39. The summed E-state index contributed by atoms with van der Waals surface area (Å²) in [5.41, 5.74) is 4.38. The maximum absolute atomic E-state index is 11.9. The summed E-state index contributed by atoms with van der Waals surface area (Å²) in [6.07, 6.45) is 6.10. The highest BCUT2D eigenvalue weighted by molar-refractivity contribution is 5.81. The van der Waals surface area contributed by atoms with Gasteiger partial charge in [-0.25, -0.2) is 4.98 Å². The van der Waals surface area contributed by atoms with Gasteiger partial charge in [0.1, 0.15) is 5.82 Å². The van der Waals surface area contributed by atoms with Crippen molar-refractivity contribution in [1.82, 2.24) is 9.88 Å². The largest absolute Gasteiger partial charge is 0.361 e. The molecule has 1 saturated carbocycles. The molecule has 1 saturated heterocycles. The van der Waals surface area contributed by atoms with E-state index in [0.29, 0.717) is 6.54 Å². The van der Waals surface area contributed by atoms with E-state index >= 15 is 0 Å². The number of amides is 1. The molecule has 0 bridgehead atoms. The van der Waals surface area contributed by atoms with Crippen LogP contribution in [0.3, 0.4) is 0 Å². The standard InChI is InChI=1S/C13H17N3O.C4H10.C2H3N.C2H6/c1-9-10-7-16(8-11(9)10)13(17)6-15-12-4-2-3-5-14-12;1-4(2)3;1-2-3;1-2/h2-5,9-11H,6-8H2,1H3,(H,14,15);4H,1-3H3;1H,3H2;1-2H3. The lowest BCUT2D eigenvalue weighted by molar-refractivity contribution is -0.128. The van der Waals surface area contributed by atoms with Crippen LogP contribution in [0.15, 0.2) is 24.4 Å². The molecule has 2 heterocycles. The zero-order valence-corrected chi connectivity index (χ0v) is 17.2. The maximum Gasteiger partial charge on any atom is 0.241 e. The molecule has 1 aliphatic carbocycles. The predicted molar refractivity (Wildman–Crippen MR) is 110 cm³/mol. The number of nitrogens with two attached hydrogens (primary N) is 1. The van der Waals surface area contributed by atoms with Crippen molar-refractivity contribution in [2.45, 2.75) is 41.5 Å². The first-order chi connectivity index (χ1) is 12.4. The number of nitrogens with one attached hydrogen (secondary N) is 1. The third kappa shape index (κ3) is 8.75. The molecular weight excluding hydrogens is 324 g/mol. The first-order valence-corrected chi connectivity index (χ1v) is 9.49. The molecule has 5 heteroatoms. The van der Waals surface area contributed by atoms with Crippen LogP contribution in [0.5, 0.6) is 0 Å². The number of hydrogen-bond acceptors (Lipinski definition) is 4. The minimum absolute atomic E-state index is 0.190. The molecule has 5 nitrogen and oxygen atoms in total. The second kappa shape index (κ2) is 13.0. The highest BCUT2D eigenvalue weighted by Gasteiger charge is 2.53. The Labute approximate surface area is 159 Å². The SMILES string of the molecule is C#CN.CC.CC(C)C.CC1C2CN(C(=O)CNc3ccccn3)CC12. The van der Waals surface area contributed by atoms with Gasteiger partial charge in [0.2, 0.25) is 5.91 Å². The van der Waals surface area contributed by atoms with E-state index in [1.54, 1.807) is 12.2 Å². The minimum Gasteiger partial charge on any atom is -0.361 e. The van der Waals surface area contributed by atoms with Gasteiger partial charge in [-0.3, -0.25) is 4.79 Å². The van der Waals surface area contributed by atoms with E-state index in [0.717, 1.165) is 42.6 Å². The van der Waals surface area contributed by atoms with Gasteiger partial charge in [0, 0.05) is 19.3 Å². The molecule has 0 spiro atoms. The Morgan fingerprint density at radius 3 is 2.27 bits per heavy atom. The molecule has 26 heavy (non-hydrogen) atoms. The number of carbonyl (C=O) groups is 1. The van der Waals surface area contributed by atoms with Gasteiger partial charge >= 0.3 is 0 Å². The van der Waals surface area contributed by atoms with Crippen LogP contribution in [0.2, 0.25) is 0 Å². The summed E-state index contributed by atoms with van der Waals surface area (Å²) < 4.78 is 0. The Morgan fingerprint density at radius 1 is 1.35 bits per heavy atom. The van der Waals surface area contributed by atoms with Crippen LogP contribution in [0, 0.1) is 36.1 Å². The van der Waals surface area contributed by atoms with Gasteiger partial charge < -0.3 is 16.0 Å². The molecule has 3 N–H and O–H groups in total. The van der Waals surface area contributed by atoms with Crippen molar-refractivity contribution in [1.29, 1.82) is 0 Å². The quantitative estimate of drug-likeness (QED) is 0.640. The Morgan fingerprint density at radius 2 is 1.85 bits per heavy atom. The lowest BCUT2D eigenvalue weighted by Crippen LogP contribution is -2.35. The van der Waals surface area contributed by atoms with Gasteiger partial charge in [0.25, 0.3) is 0 Å². The number of nitrogens with zero attached hydrogens (tertiary/aromatic N) is 2. The van der Waals surface area contributed by atoms with Gasteiger partial charge in [-0.05, 0) is 41.8 Å². The van der Waals surface area contributed by atoms with Crippen LogP contribution in [0.1, 0.15) is 41.5 Å². The van der Waals surface area contributed by atoms with Crippen molar-refractivity contribution in [3.05, 3.63) is 24.4 Å². The van der Waals surface area contributed by atoms with Crippen LogP contribution in [0.25, 0.3) is 0 Å². The molecule has 0 radical (unpaired) electrons. The topological polar surface area (TPSA) is 71.2 Å². The van der Waals surface area contributed by atoms with Crippen molar-refractivity contribution in [2.75, 3.05) is 25.0 Å². The number of rotatable bonds is 3. The van der Waals surface area contributed by atoms with Crippen molar-refractivity contribution in [3.8, 4) is 12.5 Å². The van der Waals surface area contributed by atoms with E-state index in [9.17, 15) is 4.79 Å². The summed E-state index contributed by atoms with van der Waals surface area (Å²) in [5, 5.41) is 3.06. The maximum atomic E-state index is 11.9. The first kappa shape index (κ1) is 23.8. The number of fused-ring (bicyclic) bond motifs is 1. The zero-order chi connectivity index (χ0) is 20.1. The molecule has 2 aliphatic rings. The average Bonchev–Trinajstić information content (AvgIpc) is 3.02. The van der Waals surface area contributed by atoms with E-state index in [2.05, 4.69) is 50.2 Å². The van der Waals surface area contributed by atoms with Gasteiger partial charge in [0.15, 0.2) is 0 Å².